The van der Waals surface area contributed by atoms with E-state index in [1.54, 1.807) is 19.5 Å². The molecule has 3 heterocycles. The molecule has 0 saturated carbocycles. The Kier molecular flexibility index (Phi) is 6.70. The van der Waals surface area contributed by atoms with Gasteiger partial charge in [0.05, 0.1) is 19.1 Å². The van der Waals surface area contributed by atoms with Gasteiger partial charge in [0.15, 0.2) is 0 Å². The minimum absolute atomic E-state index is 0.0955. The van der Waals surface area contributed by atoms with Gasteiger partial charge >= 0.3 is 0 Å². The van der Waals surface area contributed by atoms with Crippen molar-refractivity contribution < 1.29 is 9.53 Å². The Bertz CT molecular complexity index is 1140. The standard InChI is InChI=1S/C27H29ClN4O2/c1-34-23-7-4-21-14-24(27(33)30-16-19-8-10-29-11-9-19)26-18-31(12-13-32(26)25(21)15-23)17-20-2-5-22(28)6-3-20/h2-11,15,24,26H,12-14,16-18H2,1H3,(H,30,33)/t24-,26-/m0/s1. The lowest BCUT2D eigenvalue weighted by Gasteiger charge is -2.49. The van der Waals surface area contributed by atoms with Crippen molar-refractivity contribution in [1.29, 1.82) is 0 Å². The van der Waals surface area contributed by atoms with E-state index in [2.05, 4.69) is 44.4 Å². The molecule has 3 aromatic rings. The SMILES string of the molecule is COc1ccc2c(c1)N1CCN(Cc3ccc(Cl)cc3)C[C@H]1[C@@H](C(=O)NCc1ccncc1)C2. The first kappa shape index (κ1) is 22.7. The van der Waals surface area contributed by atoms with Crippen molar-refractivity contribution in [3.63, 3.8) is 0 Å². The topological polar surface area (TPSA) is 57.7 Å². The predicted molar refractivity (Wildman–Crippen MR) is 134 cm³/mol. The highest BCUT2D eigenvalue weighted by Gasteiger charge is 2.41. The number of hydrogen-bond donors (Lipinski definition) is 1. The van der Waals surface area contributed by atoms with E-state index in [-0.39, 0.29) is 17.9 Å². The van der Waals surface area contributed by atoms with Crippen molar-refractivity contribution in [2.75, 3.05) is 31.6 Å². The molecule has 2 aromatic carbocycles. The Morgan fingerprint density at radius 3 is 2.65 bits per heavy atom. The molecule has 5 rings (SSSR count). The first-order chi connectivity index (χ1) is 16.6. The second-order valence-electron chi connectivity index (χ2n) is 9.00. The van der Waals surface area contributed by atoms with Gasteiger partial charge in [0.2, 0.25) is 5.91 Å². The smallest absolute Gasteiger partial charge is 0.225 e. The van der Waals surface area contributed by atoms with Crippen LogP contribution in [0.1, 0.15) is 16.7 Å². The van der Waals surface area contributed by atoms with Gasteiger partial charge in [-0.3, -0.25) is 14.7 Å². The molecule has 1 saturated heterocycles. The zero-order chi connectivity index (χ0) is 23.5. The number of hydrogen-bond acceptors (Lipinski definition) is 5. The number of nitrogens with zero attached hydrogens (tertiary/aromatic N) is 3. The number of rotatable bonds is 6. The fourth-order valence-corrected chi connectivity index (χ4v) is 5.20. The summed E-state index contributed by atoms with van der Waals surface area (Å²) in [4.78, 5) is 22.4. The first-order valence-electron chi connectivity index (χ1n) is 11.7. The van der Waals surface area contributed by atoms with Gasteiger partial charge in [-0.05, 0) is 53.4 Å². The van der Waals surface area contributed by atoms with Gasteiger partial charge in [0.25, 0.3) is 0 Å². The van der Waals surface area contributed by atoms with Gasteiger partial charge in [0, 0.05) is 61.9 Å². The van der Waals surface area contributed by atoms with Gasteiger partial charge in [-0.25, -0.2) is 0 Å². The summed E-state index contributed by atoms with van der Waals surface area (Å²) in [5, 5.41) is 3.92. The number of amides is 1. The Hall–Kier alpha value is -3.09. The zero-order valence-corrected chi connectivity index (χ0v) is 20.0. The van der Waals surface area contributed by atoms with Crippen LogP contribution in [0.15, 0.2) is 67.0 Å². The molecule has 7 heteroatoms. The van der Waals surface area contributed by atoms with E-state index in [0.29, 0.717) is 6.54 Å². The molecule has 0 unspecified atom stereocenters. The Labute approximate surface area is 205 Å². The lowest BCUT2D eigenvalue weighted by atomic mass is 9.83. The summed E-state index contributed by atoms with van der Waals surface area (Å²) in [7, 11) is 1.70. The van der Waals surface area contributed by atoms with Crippen molar-refractivity contribution in [3.05, 3.63) is 88.7 Å². The molecular weight excluding hydrogens is 448 g/mol. The zero-order valence-electron chi connectivity index (χ0n) is 19.3. The highest BCUT2D eigenvalue weighted by molar-refractivity contribution is 6.30. The number of halogens is 1. The van der Waals surface area contributed by atoms with E-state index >= 15 is 0 Å². The largest absolute Gasteiger partial charge is 0.497 e. The highest BCUT2D eigenvalue weighted by atomic mass is 35.5. The number of nitrogens with one attached hydrogen (secondary N) is 1. The van der Waals surface area contributed by atoms with Crippen LogP contribution in [0.4, 0.5) is 5.69 Å². The lowest BCUT2D eigenvalue weighted by Crippen LogP contribution is -2.60. The van der Waals surface area contributed by atoms with Gasteiger partial charge < -0.3 is 15.0 Å². The second-order valence-corrected chi connectivity index (χ2v) is 9.44. The number of methoxy groups -OCH3 is 1. The van der Waals surface area contributed by atoms with Crippen LogP contribution in [-0.2, 0) is 24.3 Å². The molecular formula is C27H29ClN4O2. The molecule has 0 spiro atoms. The molecule has 34 heavy (non-hydrogen) atoms. The van der Waals surface area contributed by atoms with Gasteiger partial charge in [-0.15, -0.1) is 0 Å². The molecule has 6 nitrogen and oxygen atoms in total. The maximum Gasteiger partial charge on any atom is 0.225 e. The lowest BCUT2D eigenvalue weighted by molar-refractivity contribution is -0.126. The third kappa shape index (κ3) is 4.88. The minimum Gasteiger partial charge on any atom is -0.497 e. The van der Waals surface area contributed by atoms with Crippen LogP contribution in [0.3, 0.4) is 0 Å². The summed E-state index contributed by atoms with van der Waals surface area (Å²) in [5.74, 6) is 0.819. The number of fused-ring (bicyclic) bond motifs is 3. The minimum atomic E-state index is -0.129. The summed E-state index contributed by atoms with van der Waals surface area (Å²) in [5.41, 5.74) is 4.67. The van der Waals surface area contributed by atoms with Crippen molar-refractivity contribution >= 4 is 23.2 Å². The number of ether oxygens (including phenoxy) is 1. The predicted octanol–water partition coefficient (Wildman–Crippen LogP) is 3.92. The number of carbonyl (C=O) groups is 1. The third-order valence-electron chi connectivity index (χ3n) is 6.88. The summed E-state index contributed by atoms with van der Waals surface area (Å²) in [6.07, 6.45) is 4.23. The summed E-state index contributed by atoms with van der Waals surface area (Å²) < 4.78 is 5.50. The quantitative estimate of drug-likeness (QED) is 0.584. The van der Waals surface area contributed by atoms with Crippen molar-refractivity contribution in [1.82, 2.24) is 15.2 Å². The van der Waals surface area contributed by atoms with Crippen LogP contribution in [0.5, 0.6) is 5.75 Å². The van der Waals surface area contributed by atoms with Crippen LogP contribution in [0, 0.1) is 5.92 Å². The van der Waals surface area contributed by atoms with E-state index < -0.39 is 0 Å². The van der Waals surface area contributed by atoms with E-state index in [9.17, 15) is 4.79 Å². The van der Waals surface area contributed by atoms with Crippen molar-refractivity contribution in [2.24, 2.45) is 5.92 Å². The van der Waals surface area contributed by atoms with E-state index in [0.717, 1.165) is 48.9 Å². The van der Waals surface area contributed by atoms with Crippen molar-refractivity contribution in [3.8, 4) is 5.75 Å². The van der Waals surface area contributed by atoms with Crippen LogP contribution >= 0.6 is 11.6 Å². The van der Waals surface area contributed by atoms with Crippen LogP contribution in [0.2, 0.25) is 5.02 Å². The fourth-order valence-electron chi connectivity index (χ4n) is 5.08. The monoisotopic (exact) mass is 476 g/mol. The molecule has 1 N–H and O–H groups in total. The Balaban J connectivity index is 1.37. The Morgan fingerprint density at radius 2 is 1.88 bits per heavy atom. The summed E-state index contributed by atoms with van der Waals surface area (Å²) >= 11 is 6.07. The van der Waals surface area contributed by atoms with Crippen molar-refractivity contribution in [2.45, 2.75) is 25.6 Å². The van der Waals surface area contributed by atoms with Crippen LogP contribution in [0.25, 0.3) is 0 Å². The molecule has 1 amide bonds. The average Bonchev–Trinajstić information content (AvgIpc) is 2.88. The van der Waals surface area contributed by atoms with E-state index in [1.165, 1.54) is 16.8 Å². The van der Waals surface area contributed by atoms with Gasteiger partial charge in [0.1, 0.15) is 5.75 Å². The molecule has 2 aliphatic rings. The molecule has 2 aliphatic heterocycles. The number of carbonyl (C=O) groups excluding carboxylic acids is 1. The molecule has 0 aliphatic carbocycles. The number of piperazine rings is 1. The van der Waals surface area contributed by atoms with E-state index in [1.807, 2.05) is 30.3 Å². The van der Waals surface area contributed by atoms with Gasteiger partial charge in [-0.2, -0.15) is 0 Å². The molecule has 2 atom stereocenters. The Morgan fingerprint density at radius 1 is 1.09 bits per heavy atom. The maximum atomic E-state index is 13.5. The van der Waals surface area contributed by atoms with Crippen LogP contribution in [-0.4, -0.2) is 48.6 Å². The summed E-state index contributed by atoms with van der Waals surface area (Å²) in [6.45, 7) is 3.98. The molecule has 1 fully saturated rings. The molecule has 0 radical (unpaired) electrons. The fraction of sp³-hybridized carbons (Fsp3) is 0.333. The number of anilines is 1. The average molecular weight is 477 g/mol. The normalized spacial score (nSPS) is 19.8. The molecule has 0 bridgehead atoms. The van der Waals surface area contributed by atoms with Gasteiger partial charge in [-0.1, -0.05) is 29.8 Å². The number of benzene rings is 2. The number of pyridine rings is 1. The van der Waals surface area contributed by atoms with E-state index in [4.69, 9.17) is 16.3 Å². The second kappa shape index (κ2) is 10.0. The maximum absolute atomic E-state index is 13.5. The number of aromatic nitrogens is 1. The summed E-state index contributed by atoms with van der Waals surface area (Å²) in [6, 6.07) is 18.2. The van der Waals surface area contributed by atoms with Crippen LogP contribution < -0.4 is 15.0 Å². The first-order valence-corrected chi connectivity index (χ1v) is 12.1. The molecule has 176 valence electrons. The highest BCUT2D eigenvalue weighted by Crippen LogP contribution is 2.38. The molecule has 1 aromatic heterocycles. The third-order valence-corrected chi connectivity index (χ3v) is 7.13.